The summed E-state index contributed by atoms with van der Waals surface area (Å²) in [6.07, 6.45) is 2.95. The molecule has 3 nitrogen and oxygen atoms in total. The summed E-state index contributed by atoms with van der Waals surface area (Å²) >= 11 is 4.99. The SMILES string of the molecule is Cn1nccc1CCC(O)c1csc(Br)c1. The van der Waals surface area contributed by atoms with E-state index < -0.39 is 6.10 Å². The quantitative estimate of drug-likeness (QED) is 0.943. The van der Waals surface area contributed by atoms with Gasteiger partial charge in [0.2, 0.25) is 0 Å². The molecule has 0 saturated carbocycles. The molecule has 1 N–H and O–H groups in total. The molecule has 0 aliphatic rings. The van der Waals surface area contributed by atoms with Crippen LogP contribution in [0, 0.1) is 0 Å². The molecule has 2 rings (SSSR count). The monoisotopic (exact) mass is 300 g/mol. The third kappa shape index (κ3) is 2.72. The fraction of sp³-hybridized carbons (Fsp3) is 0.364. The summed E-state index contributed by atoms with van der Waals surface area (Å²) in [5, 5.41) is 16.1. The number of aromatic nitrogens is 2. The van der Waals surface area contributed by atoms with Gasteiger partial charge in [0, 0.05) is 18.9 Å². The highest BCUT2D eigenvalue weighted by Gasteiger charge is 2.10. The number of aliphatic hydroxyl groups excluding tert-OH is 1. The van der Waals surface area contributed by atoms with E-state index in [1.165, 1.54) is 0 Å². The Morgan fingerprint density at radius 2 is 2.44 bits per heavy atom. The molecule has 0 amide bonds. The Morgan fingerprint density at radius 1 is 1.62 bits per heavy atom. The van der Waals surface area contributed by atoms with Gasteiger partial charge in [-0.1, -0.05) is 0 Å². The summed E-state index contributed by atoms with van der Waals surface area (Å²) in [4.78, 5) is 0. The third-order valence-corrected chi connectivity index (χ3v) is 4.09. The van der Waals surface area contributed by atoms with Crippen molar-refractivity contribution in [1.29, 1.82) is 0 Å². The molecule has 0 fully saturated rings. The van der Waals surface area contributed by atoms with Crippen molar-refractivity contribution in [1.82, 2.24) is 9.78 Å². The predicted molar refractivity (Wildman–Crippen MR) is 68.5 cm³/mol. The van der Waals surface area contributed by atoms with Gasteiger partial charge < -0.3 is 5.11 Å². The highest BCUT2D eigenvalue weighted by atomic mass is 79.9. The zero-order chi connectivity index (χ0) is 11.5. The summed E-state index contributed by atoms with van der Waals surface area (Å²) in [7, 11) is 1.92. The number of halogens is 1. The largest absolute Gasteiger partial charge is 0.388 e. The summed E-state index contributed by atoms with van der Waals surface area (Å²) in [6, 6.07) is 3.95. The second kappa shape index (κ2) is 5.12. The van der Waals surface area contributed by atoms with Crippen molar-refractivity contribution in [3.8, 4) is 0 Å². The van der Waals surface area contributed by atoms with Crippen molar-refractivity contribution in [3.05, 3.63) is 38.8 Å². The minimum Gasteiger partial charge on any atom is -0.388 e. The van der Waals surface area contributed by atoms with Gasteiger partial charge in [-0.2, -0.15) is 5.10 Å². The number of aliphatic hydroxyl groups is 1. The van der Waals surface area contributed by atoms with Gasteiger partial charge in [-0.25, -0.2) is 0 Å². The van der Waals surface area contributed by atoms with Crippen molar-refractivity contribution in [2.45, 2.75) is 18.9 Å². The summed E-state index contributed by atoms with van der Waals surface area (Å²) in [5.74, 6) is 0. The van der Waals surface area contributed by atoms with Crippen molar-refractivity contribution >= 4 is 27.3 Å². The van der Waals surface area contributed by atoms with Crippen molar-refractivity contribution in [3.63, 3.8) is 0 Å². The van der Waals surface area contributed by atoms with Gasteiger partial charge in [-0.15, -0.1) is 11.3 Å². The third-order valence-electron chi connectivity index (χ3n) is 2.57. The Kier molecular flexibility index (Phi) is 3.78. The average molecular weight is 301 g/mol. The highest BCUT2D eigenvalue weighted by molar-refractivity contribution is 9.11. The van der Waals surface area contributed by atoms with Crippen LogP contribution in [0.1, 0.15) is 23.8 Å². The van der Waals surface area contributed by atoms with Crippen LogP contribution in [0.2, 0.25) is 0 Å². The molecule has 0 aliphatic heterocycles. The van der Waals surface area contributed by atoms with Crippen LogP contribution in [0.15, 0.2) is 27.5 Å². The lowest BCUT2D eigenvalue weighted by Crippen LogP contribution is -2.02. The van der Waals surface area contributed by atoms with E-state index in [9.17, 15) is 5.11 Å². The first kappa shape index (κ1) is 11.8. The van der Waals surface area contributed by atoms with Gasteiger partial charge in [0.25, 0.3) is 0 Å². The molecule has 1 unspecified atom stereocenters. The number of thiophene rings is 1. The van der Waals surface area contributed by atoms with E-state index in [1.54, 1.807) is 17.5 Å². The van der Waals surface area contributed by atoms with E-state index in [2.05, 4.69) is 21.0 Å². The van der Waals surface area contributed by atoms with Crippen LogP contribution >= 0.6 is 27.3 Å². The summed E-state index contributed by atoms with van der Waals surface area (Å²) < 4.78 is 2.90. The molecular formula is C11H13BrN2OS. The maximum atomic E-state index is 9.98. The maximum Gasteiger partial charge on any atom is 0.0802 e. The van der Waals surface area contributed by atoms with Crippen LogP contribution in [-0.4, -0.2) is 14.9 Å². The second-order valence-corrected chi connectivity index (χ2v) is 5.98. The lowest BCUT2D eigenvalue weighted by atomic mass is 10.1. The van der Waals surface area contributed by atoms with E-state index in [0.717, 1.165) is 27.9 Å². The van der Waals surface area contributed by atoms with Gasteiger partial charge in [0.1, 0.15) is 0 Å². The summed E-state index contributed by atoms with van der Waals surface area (Å²) in [5.41, 5.74) is 2.13. The Balaban J connectivity index is 1.93. The Labute approximate surface area is 107 Å². The molecule has 1 atom stereocenters. The molecule has 5 heteroatoms. The minimum absolute atomic E-state index is 0.391. The smallest absolute Gasteiger partial charge is 0.0802 e. The maximum absolute atomic E-state index is 9.98. The van der Waals surface area contributed by atoms with Crippen LogP contribution < -0.4 is 0 Å². The van der Waals surface area contributed by atoms with Crippen molar-refractivity contribution < 1.29 is 5.11 Å². The molecule has 2 aromatic rings. The molecule has 0 aromatic carbocycles. The molecule has 16 heavy (non-hydrogen) atoms. The zero-order valence-electron chi connectivity index (χ0n) is 8.93. The standard InChI is InChI=1S/C11H13BrN2OS/c1-14-9(4-5-13-14)2-3-10(15)8-6-11(12)16-7-8/h4-7,10,15H,2-3H2,1H3. The molecular weight excluding hydrogens is 288 g/mol. The molecule has 2 aromatic heterocycles. The van der Waals surface area contributed by atoms with Crippen LogP contribution in [0.25, 0.3) is 0 Å². The van der Waals surface area contributed by atoms with Gasteiger partial charge >= 0.3 is 0 Å². The Bertz CT molecular complexity index is 466. The molecule has 0 radical (unpaired) electrons. The average Bonchev–Trinajstić information content (AvgIpc) is 2.84. The molecule has 0 aliphatic carbocycles. The number of nitrogens with zero attached hydrogens (tertiary/aromatic N) is 2. The zero-order valence-corrected chi connectivity index (χ0v) is 11.3. The van der Waals surface area contributed by atoms with Crippen molar-refractivity contribution in [2.24, 2.45) is 7.05 Å². The molecule has 0 bridgehead atoms. The first-order chi connectivity index (χ1) is 7.66. The van der Waals surface area contributed by atoms with E-state index in [0.29, 0.717) is 0 Å². The predicted octanol–water partition coefficient (Wildman–Crippen LogP) is 2.91. The van der Waals surface area contributed by atoms with Crippen LogP contribution in [0.5, 0.6) is 0 Å². The van der Waals surface area contributed by atoms with E-state index >= 15 is 0 Å². The van der Waals surface area contributed by atoms with Crippen LogP contribution in [-0.2, 0) is 13.5 Å². The Morgan fingerprint density at radius 3 is 3.00 bits per heavy atom. The van der Waals surface area contributed by atoms with Gasteiger partial charge in [0.15, 0.2) is 0 Å². The number of aryl methyl sites for hydroxylation is 2. The van der Waals surface area contributed by atoms with E-state index in [-0.39, 0.29) is 0 Å². The number of rotatable bonds is 4. The summed E-state index contributed by atoms with van der Waals surface area (Å²) in [6.45, 7) is 0. The van der Waals surface area contributed by atoms with E-state index in [4.69, 9.17) is 0 Å². The van der Waals surface area contributed by atoms with Crippen LogP contribution in [0.3, 0.4) is 0 Å². The molecule has 0 spiro atoms. The lowest BCUT2D eigenvalue weighted by molar-refractivity contribution is 0.167. The minimum atomic E-state index is -0.391. The first-order valence-corrected chi connectivity index (χ1v) is 6.73. The molecule has 86 valence electrons. The normalized spacial score (nSPS) is 12.9. The van der Waals surface area contributed by atoms with E-state index in [1.807, 2.05) is 29.2 Å². The van der Waals surface area contributed by atoms with Crippen LogP contribution in [0.4, 0.5) is 0 Å². The number of hydrogen-bond acceptors (Lipinski definition) is 3. The fourth-order valence-electron chi connectivity index (χ4n) is 1.60. The topological polar surface area (TPSA) is 38.0 Å². The lowest BCUT2D eigenvalue weighted by Gasteiger charge is -2.08. The van der Waals surface area contributed by atoms with Crippen molar-refractivity contribution in [2.75, 3.05) is 0 Å². The first-order valence-electron chi connectivity index (χ1n) is 5.05. The second-order valence-electron chi connectivity index (χ2n) is 3.68. The number of hydrogen-bond donors (Lipinski definition) is 1. The van der Waals surface area contributed by atoms with Gasteiger partial charge in [-0.05, 0) is 51.8 Å². The van der Waals surface area contributed by atoms with Gasteiger partial charge in [-0.3, -0.25) is 4.68 Å². The Hall–Kier alpha value is -0.650. The fourth-order valence-corrected chi connectivity index (χ4v) is 2.82. The molecule has 0 saturated heterocycles. The van der Waals surface area contributed by atoms with Gasteiger partial charge in [0.05, 0.1) is 9.89 Å². The molecule has 2 heterocycles. The highest BCUT2D eigenvalue weighted by Crippen LogP contribution is 2.27.